The van der Waals surface area contributed by atoms with Gasteiger partial charge in [-0.2, -0.15) is 0 Å². The first kappa shape index (κ1) is 18.9. The molecule has 4 nitrogen and oxygen atoms in total. The number of sulfonamides is 1. The molecule has 1 unspecified atom stereocenters. The number of carbonyl (C=O) groups excluding carboxylic acids is 1. The summed E-state index contributed by atoms with van der Waals surface area (Å²) in [6.45, 7) is 1.88. The number of hydrogen-bond acceptors (Lipinski definition) is 3. The second-order valence-corrected chi connectivity index (χ2v) is 8.12. The monoisotopic (exact) mass is 379 g/mol. The minimum atomic E-state index is -3.92. The Morgan fingerprint density at radius 1 is 0.852 bits per heavy atom. The van der Waals surface area contributed by atoms with E-state index in [9.17, 15) is 13.2 Å². The molecule has 0 heterocycles. The zero-order chi connectivity index (χ0) is 19.3. The predicted octanol–water partition coefficient (Wildman–Crippen LogP) is 3.83. The van der Waals surface area contributed by atoms with Crippen LogP contribution in [0.2, 0.25) is 0 Å². The molecule has 3 rings (SSSR count). The Labute approximate surface area is 159 Å². The van der Waals surface area contributed by atoms with Crippen LogP contribution in [0.4, 0.5) is 0 Å². The minimum absolute atomic E-state index is 0.0768. The molecule has 5 heteroatoms. The molecule has 3 aromatic rings. The van der Waals surface area contributed by atoms with Crippen LogP contribution in [-0.2, 0) is 21.2 Å². The van der Waals surface area contributed by atoms with Crippen LogP contribution < -0.4 is 4.72 Å². The highest BCUT2D eigenvalue weighted by atomic mass is 32.2. The van der Waals surface area contributed by atoms with Crippen molar-refractivity contribution < 1.29 is 13.2 Å². The summed E-state index contributed by atoms with van der Waals surface area (Å²) >= 11 is 0. The molecular weight excluding hydrogens is 358 g/mol. The molecule has 27 heavy (non-hydrogen) atoms. The highest BCUT2D eigenvalue weighted by molar-refractivity contribution is 7.90. The molecule has 0 fully saturated rings. The lowest BCUT2D eigenvalue weighted by molar-refractivity contribution is -0.120. The van der Waals surface area contributed by atoms with Gasteiger partial charge in [0.05, 0.1) is 10.8 Å². The Morgan fingerprint density at radius 3 is 2.00 bits per heavy atom. The van der Waals surface area contributed by atoms with Crippen LogP contribution in [0.3, 0.4) is 0 Å². The van der Waals surface area contributed by atoms with Gasteiger partial charge in [0.2, 0.25) is 5.91 Å². The van der Waals surface area contributed by atoms with E-state index in [2.05, 4.69) is 4.72 Å². The molecule has 0 aromatic heterocycles. The Hall–Kier alpha value is -2.92. The second kappa shape index (κ2) is 8.18. The first-order chi connectivity index (χ1) is 13.0. The van der Waals surface area contributed by atoms with Crippen LogP contribution in [0.5, 0.6) is 0 Å². The van der Waals surface area contributed by atoms with Crippen molar-refractivity contribution in [2.75, 3.05) is 0 Å². The zero-order valence-electron chi connectivity index (χ0n) is 15.0. The first-order valence-corrected chi connectivity index (χ1v) is 10.2. The molecule has 0 saturated carbocycles. The third-order valence-electron chi connectivity index (χ3n) is 4.37. The van der Waals surface area contributed by atoms with Crippen LogP contribution in [-0.4, -0.2) is 14.3 Å². The fraction of sp³-hybridized carbons (Fsp3) is 0.136. The Bertz CT molecular complexity index is 998. The fourth-order valence-electron chi connectivity index (χ4n) is 2.88. The molecule has 138 valence electrons. The first-order valence-electron chi connectivity index (χ1n) is 8.68. The predicted molar refractivity (Wildman–Crippen MR) is 106 cm³/mol. The van der Waals surface area contributed by atoms with E-state index in [1.54, 1.807) is 12.1 Å². The third kappa shape index (κ3) is 4.83. The van der Waals surface area contributed by atoms with E-state index in [4.69, 9.17) is 0 Å². The van der Waals surface area contributed by atoms with E-state index in [1.165, 1.54) is 12.1 Å². The fourth-order valence-corrected chi connectivity index (χ4v) is 3.90. The lowest BCUT2D eigenvalue weighted by Crippen LogP contribution is -2.35. The number of nitrogens with one attached hydrogen (secondary N) is 1. The summed E-state index contributed by atoms with van der Waals surface area (Å²) in [5, 5.41) is 0. The summed E-state index contributed by atoms with van der Waals surface area (Å²) in [6.07, 6.45) is 0.417. The second-order valence-electron chi connectivity index (χ2n) is 6.44. The lowest BCUT2D eigenvalue weighted by Gasteiger charge is -2.17. The number of hydrogen-bond donors (Lipinski definition) is 1. The molecule has 0 saturated heterocycles. The van der Waals surface area contributed by atoms with Crippen molar-refractivity contribution in [1.82, 2.24) is 4.72 Å². The van der Waals surface area contributed by atoms with Crippen LogP contribution in [0, 0.1) is 6.92 Å². The number of rotatable bonds is 6. The van der Waals surface area contributed by atoms with Gasteiger partial charge in [-0.1, -0.05) is 78.4 Å². The molecule has 0 aliphatic rings. The van der Waals surface area contributed by atoms with Crippen molar-refractivity contribution in [1.29, 1.82) is 0 Å². The van der Waals surface area contributed by atoms with Gasteiger partial charge in [-0.15, -0.1) is 0 Å². The van der Waals surface area contributed by atoms with E-state index in [1.807, 2.05) is 67.6 Å². The maximum absolute atomic E-state index is 12.9. The van der Waals surface area contributed by atoms with Gasteiger partial charge in [-0.05, 0) is 36.6 Å². The van der Waals surface area contributed by atoms with Gasteiger partial charge in [-0.25, -0.2) is 13.1 Å². The molecule has 3 aromatic carbocycles. The van der Waals surface area contributed by atoms with Gasteiger partial charge in [-0.3, -0.25) is 4.79 Å². The van der Waals surface area contributed by atoms with E-state index < -0.39 is 21.8 Å². The summed E-state index contributed by atoms with van der Waals surface area (Å²) in [4.78, 5) is 13.0. The highest BCUT2D eigenvalue weighted by Crippen LogP contribution is 2.22. The molecule has 1 amide bonds. The molecule has 0 aliphatic carbocycles. The average Bonchev–Trinajstić information content (AvgIpc) is 2.67. The summed E-state index contributed by atoms with van der Waals surface area (Å²) in [7, 11) is -3.92. The maximum Gasteiger partial charge on any atom is 0.264 e. The molecule has 1 N–H and O–H groups in total. The number of amides is 1. The number of carbonyl (C=O) groups is 1. The van der Waals surface area contributed by atoms with Gasteiger partial charge < -0.3 is 0 Å². The zero-order valence-corrected chi connectivity index (χ0v) is 15.8. The van der Waals surface area contributed by atoms with Gasteiger partial charge in [0, 0.05) is 0 Å². The van der Waals surface area contributed by atoms with Crippen molar-refractivity contribution in [2.45, 2.75) is 24.2 Å². The van der Waals surface area contributed by atoms with E-state index in [0.717, 1.165) is 16.7 Å². The van der Waals surface area contributed by atoms with Crippen molar-refractivity contribution in [2.24, 2.45) is 0 Å². The normalized spacial score (nSPS) is 12.3. The molecule has 0 aliphatic heterocycles. The molecular formula is C22H21NO3S. The van der Waals surface area contributed by atoms with Gasteiger partial charge in [0.25, 0.3) is 10.0 Å². The van der Waals surface area contributed by atoms with Crippen molar-refractivity contribution in [3.05, 3.63) is 102 Å². The summed E-state index contributed by atoms with van der Waals surface area (Å²) < 4.78 is 27.5. The van der Waals surface area contributed by atoms with Gasteiger partial charge in [0.15, 0.2) is 0 Å². The smallest absolute Gasteiger partial charge is 0.264 e. The Morgan fingerprint density at radius 2 is 1.41 bits per heavy atom. The average molecular weight is 379 g/mol. The summed E-state index contributed by atoms with van der Waals surface area (Å²) in [6, 6.07) is 25.2. The Balaban J connectivity index is 1.87. The molecule has 1 atom stereocenters. The summed E-state index contributed by atoms with van der Waals surface area (Å²) in [5.74, 6) is -1.14. The summed E-state index contributed by atoms with van der Waals surface area (Å²) in [5.41, 5.74) is 2.69. The third-order valence-corrected chi connectivity index (χ3v) is 5.73. The molecule has 0 spiro atoms. The van der Waals surface area contributed by atoms with Gasteiger partial charge in [0.1, 0.15) is 0 Å². The van der Waals surface area contributed by atoms with E-state index >= 15 is 0 Å². The highest BCUT2D eigenvalue weighted by Gasteiger charge is 2.26. The van der Waals surface area contributed by atoms with Crippen LogP contribution in [0.25, 0.3) is 0 Å². The van der Waals surface area contributed by atoms with E-state index in [0.29, 0.717) is 6.42 Å². The van der Waals surface area contributed by atoms with Crippen LogP contribution in [0.1, 0.15) is 22.6 Å². The maximum atomic E-state index is 12.9. The SMILES string of the molecule is Cc1ccc(S(=O)(=O)NC(=O)C(Cc2ccccc2)c2ccccc2)cc1. The Kier molecular flexibility index (Phi) is 5.72. The number of aryl methyl sites for hydroxylation is 1. The molecule has 0 bridgehead atoms. The molecule has 0 radical (unpaired) electrons. The quantitative estimate of drug-likeness (QED) is 0.708. The largest absolute Gasteiger partial charge is 0.273 e. The topological polar surface area (TPSA) is 63.2 Å². The van der Waals surface area contributed by atoms with Crippen molar-refractivity contribution >= 4 is 15.9 Å². The van der Waals surface area contributed by atoms with Crippen molar-refractivity contribution in [3.63, 3.8) is 0 Å². The van der Waals surface area contributed by atoms with Gasteiger partial charge >= 0.3 is 0 Å². The van der Waals surface area contributed by atoms with E-state index in [-0.39, 0.29) is 4.90 Å². The van der Waals surface area contributed by atoms with Crippen molar-refractivity contribution in [3.8, 4) is 0 Å². The van der Waals surface area contributed by atoms with Crippen LogP contribution >= 0.6 is 0 Å². The standard InChI is InChI=1S/C22H21NO3S/c1-17-12-14-20(15-13-17)27(25,26)23-22(24)21(19-10-6-3-7-11-19)16-18-8-4-2-5-9-18/h2-15,21H,16H2,1H3,(H,23,24). The minimum Gasteiger partial charge on any atom is -0.273 e. The van der Waals surface area contributed by atoms with Crippen LogP contribution in [0.15, 0.2) is 89.8 Å². The lowest BCUT2D eigenvalue weighted by atomic mass is 9.91. The number of benzene rings is 3.